The van der Waals surface area contributed by atoms with Crippen LogP contribution in [0.2, 0.25) is 0 Å². The third-order valence-corrected chi connectivity index (χ3v) is 4.38. The lowest BCUT2D eigenvalue weighted by molar-refractivity contribution is 0.170. The van der Waals surface area contributed by atoms with Crippen molar-refractivity contribution in [2.24, 2.45) is 5.92 Å². The molecule has 2 rings (SSSR count). The summed E-state index contributed by atoms with van der Waals surface area (Å²) in [7, 11) is 0. The number of hydrogen-bond donors (Lipinski definition) is 1. The fourth-order valence-corrected chi connectivity index (χ4v) is 3.10. The number of nitrogens with zero attached hydrogens (tertiary/aromatic N) is 1. The van der Waals surface area contributed by atoms with E-state index in [4.69, 9.17) is 0 Å². The summed E-state index contributed by atoms with van der Waals surface area (Å²) in [6.45, 7) is 9.58. The van der Waals surface area contributed by atoms with Gasteiger partial charge in [0.15, 0.2) is 0 Å². The minimum absolute atomic E-state index is 0.660. The van der Waals surface area contributed by atoms with E-state index in [-0.39, 0.29) is 0 Å². The number of nitrogens with one attached hydrogen (secondary N) is 1. The minimum atomic E-state index is 0.660. The van der Waals surface area contributed by atoms with Crippen molar-refractivity contribution in [1.82, 2.24) is 10.2 Å². The van der Waals surface area contributed by atoms with Crippen molar-refractivity contribution >= 4 is 0 Å². The van der Waals surface area contributed by atoms with Crippen molar-refractivity contribution in [3.63, 3.8) is 0 Å². The van der Waals surface area contributed by atoms with E-state index in [0.29, 0.717) is 6.04 Å². The molecule has 1 unspecified atom stereocenters. The lowest BCUT2D eigenvalue weighted by Crippen LogP contribution is -2.41. The van der Waals surface area contributed by atoms with Gasteiger partial charge in [-0.05, 0) is 70.6 Å². The SMILES string of the molecule is CC(C)N(CCCc1ccccc1)CC1CCCNC1. The third kappa shape index (κ3) is 5.26. The smallest absolute Gasteiger partial charge is 0.00387 e. The number of benzene rings is 1. The van der Waals surface area contributed by atoms with E-state index in [0.717, 1.165) is 5.92 Å². The molecule has 2 heteroatoms. The monoisotopic (exact) mass is 274 g/mol. The summed E-state index contributed by atoms with van der Waals surface area (Å²) in [5.74, 6) is 0.850. The van der Waals surface area contributed by atoms with Gasteiger partial charge in [-0.25, -0.2) is 0 Å². The Morgan fingerprint density at radius 1 is 1.25 bits per heavy atom. The Bertz CT molecular complexity index is 355. The molecule has 1 saturated heterocycles. The summed E-state index contributed by atoms with van der Waals surface area (Å²) in [5, 5.41) is 3.53. The van der Waals surface area contributed by atoms with Crippen LogP contribution in [0.3, 0.4) is 0 Å². The van der Waals surface area contributed by atoms with Crippen molar-refractivity contribution in [3.8, 4) is 0 Å². The maximum Gasteiger partial charge on any atom is 0.00387 e. The van der Waals surface area contributed by atoms with Crippen LogP contribution in [0.4, 0.5) is 0 Å². The Morgan fingerprint density at radius 2 is 2.05 bits per heavy atom. The van der Waals surface area contributed by atoms with Crippen LogP contribution in [0.1, 0.15) is 38.7 Å². The van der Waals surface area contributed by atoms with Crippen LogP contribution >= 0.6 is 0 Å². The maximum atomic E-state index is 3.53. The molecule has 1 aromatic rings. The normalized spacial score (nSPS) is 19.7. The highest BCUT2D eigenvalue weighted by atomic mass is 15.1. The van der Waals surface area contributed by atoms with Gasteiger partial charge in [-0.15, -0.1) is 0 Å². The van der Waals surface area contributed by atoms with Crippen molar-refractivity contribution in [2.75, 3.05) is 26.2 Å². The molecule has 0 saturated carbocycles. The summed E-state index contributed by atoms with van der Waals surface area (Å²) in [5.41, 5.74) is 1.47. The Hall–Kier alpha value is -0.860. The zero-order chi connectivity index (χ0) is 14.2. The molecule has 20 heavy (non-hydrogen) atoms. The van der Waals surface area contributed by atoms with Crippen LogP contribution in [0.5, 0.6) is 0 Å². The molecule has 1 N–H and O–H groups in total. The van der Waals surface area contributed by atoms with Crippen molar-refractivity contribution < 1.29 is 0 Å². The first-order valence-corrected chi connectivity index (χ1v) is 8.24. The largest absolute Gasteiger partial charge is 0.316 e. The second-order valence-electron chi connectivity index (χ2n) is 6.39. The molecule has 1 heterocycles. The molecule has 1 aliphatic heterocycles. The van der Waals surface area contributed by atoms with Crippen LogP contribution in [-0.4, -0.2) is 37.1 Å². The van der Waals surface area contributed by atoms with Crippen LogP contribution < -0.4 is 5.32 Å². The fourth-order valence-electron chi connectivity index (χ4n) is 3.10. The van der Waals surface area contributed by atoms with Gasteiger partial charge in [0.25, 0.3) is 0 Å². The Morgan fingerprint density at radius 3 is 2.70 bits per heavy atom. The van der Waals surface area contributed by atoms with Crippen molar-refractivity contribution in [3.05, 3.63) is 35.9 Å². The minimum Gasteiger partial charge on any atom is -0.316 e. The van der Waals surface area contributed by atoms with E-state index in [1.54, 1.807) is 0 Å². The third-order valence-electron chi connectivity index (χ3n) is 4.38. The number of hydrogen-bond acceptors (Lipinski definition) is 2. The Balaban J connectivity index is 1.74. The van der Waals surface area contributed by atoms with Crippen molar-refractivity contribution in [2.45, 2.75) is 45.6 Å². The fraction of sp³-hybridized carbons (Fsp3) is 0.667. The van der Waals surface area contributed by atoms with Gasteiger partial charge in [0.05, 0.1) is 0 Å². The Kier molecular flexibility index (Phi) is 6.55. The molecule has 112 valence electrons. The average molecular weight is 274 g/mol. The second-order valence-corrected chi connectivity index (χ2v) is 6.39. The maximum absolute atomic E-state index is 3.53. The van der Waals surface area contributed by atoms with Crippen LogP contribution in [0, 0.1) is 5.92 Å². The van der Waals surface area contributed by atoms with E-state index in [2.05, 4.69) is 54.4 Å². The van der Waals surface area contributed by atoms with Crippen LogP contribution in [0.25, 0.3) is 0 Å². The summed E-state index contributed by atoms with van der Waals surface area (Å²) in [6.07, 6.45) is 5.21. The average Bonchev–Trinajstić information content (AvgIpc) is 2.48. The van der Waals surface area contributed by atoms with Gasteiger partial charge in [0.2, 0.25) is 0 Å². The van der Waals surface area contributed by atoms with E-state index in [1.165, 1.54) is 57.4 Å². The van der Waals surface area contributed by atoms with E-state index < -0.39 is 0 Å². The van der Waals surface area contributed by atoms with Gasteiger partial charge in [0, 0.05) is 12.6 Å². The molecular formula is C18H30N2. The molecule has 1 fully saturated rings. The predicted molar refractivity (Wildman–Crippen MR) is 87.1 cm³/mol. The van der Waals surface area contributed by atoms with Gasteiger partial charge in [-0.3, -0.25) is 0 Å². The van der Waals surface area contributed by atoms with Crippen LogP contribution in [0.15, 0.2) is 30.3 Å². The molecule has 0 amide bonds. The molecule has 0 bridgehead atoms. The van der Waals surface area contributed by atoms with Gasteiger partial charge in [-0.1, -0.05) is 30.3 Å². The molecule has 1 atom stereocenters. The zero-order valence-corrected chi connectivity index (χ0v) is 13.1. The second kappa shape index (κ2) is 8.43. The molecule has 0 spiro atoms. The van der Waals surface area contributed by atoms with Crippen molar-refractivity contribution in [1.29, 1.82) is 0 Å². The quantitative estimate of drug-likeness (QED) is 0.820. The molecular weight excluding hydrogens is 244 g/mol. The van der Waals surface area contributed by atoms with Gasteiger partial charge in [-0.2, -0.15) is 0 Å². The highest BCUT2D eigenvalue weighted by molar-refractivity contribution is 5.14. The highest BCUT2D eigenvalue weighted by Crippen LogP contribution is 2.14. The van der Waals surface area contributed by atoms with E-state index in [1.807, 2.05) is 0 Å². The molecule has 1 aromatic carbocycles. The summed E-state index contributed by atoms with van der Waals surface area (Å²) in [4.78, 5) is 2.67. The standard InChI is InChI=1S/C18H30N2/c1-16(2)20(15-18-10-6-12-19-14-18)13-7-11-17-8-4-3-5-9-17/h3-5,8-9,16,18-19H,6-7,10-15H2,1-2H3. The first kappa shape index (κ1) is 15.5. The first-order valence-electron chi connectivity index (χ1n) is 8.24. The van der Waals surface area contributed by atoms with E-state index >= 15 is 0 Å². The lowest BCUT2D eigenvalue weighted by atomic mass is 9.98. The predicted octanol–water partition coefficient (Wildman–Crippen LogP) is 3.33. The van der Waals surface area contributed by atoms with Gasteiger partial charge in [0.1, 0.15) is 0 Å². The molecule has 0 aliphatic carbocycles. The number of piperidine rings is 1. The molecule has 2 nitrogen and oxygen atoms in total. The molecule has 0 radical (unpaired) electrons. The molecule has 0 aromatic heterocycles. The Labute approximate surface area is 124 Å². The number of rotatable bonds is 7. The first-order chi connectivity index (χ1) is 9.75. The summed E-state index contributed by atoms with van der Waals surface area (Å²) >= 11 is 0. The lowest BCUT2D eigenvalue weighted by Gasteiger charge is -2.32. The molecule has 1 aliphatic rings. The van der Waals surface area contributed by atoms with E-state index in [9.17, 15) is 0 Å². The topological polar surface area (TPSA) is 15.3 Å². The van der Waals surface area contributed by atoms with Gasteiger partial charge >= 0.3 is 0 Å². The summed E-state index contributed by atoms with van der Waals surface area (Å²) in [6, 6.07) is 11.5. The summed E-state index contributed by atoms with van der Waals surface area (Å²) < 4.78 is 0. The van der Waals surface area contributed by atoms with Crippen LogP contribution in [-0.2, 0) is 6.42 Å². The zero-order valence-electron chi connectivity index (χ0n) is 13.1. The highest BCUT2D eigenvalue weighted by Gasteiger charge is 2.18. The van der Waals surface area contributed by atoms with Gasteiger partial charge < -0.3 is 10.2 Å². The number of aryl methyl sites for hydroxylation is 1.